The Kier molecular flexibility index (Phi) is 2.89. The van der Waals surface area contributed by atoms with Crippen LogP contribution in [-0.2, 0) is 4.79 Å². The molecule has 1 rings (SSSR count). The van der Waals surface area contributed by atoms with Gasteiger partial charge in [0.2, 0.25) is 0 Å². The number of hydrogen-bond donors (Lipinski definition) is 2. The zero-order chi connectivity index (χ0) is 8.32. The van der Waals surface area contributed by atoms with Crippen molar-refractivity contribution < 1.29 is 13.9 Å². The number of aldehydes is 1. The van der Waals surface area contributed by atoms with Gasteiger partial charge in [-0.3, -0.25) is 14.0 Å². The zero-order valence-electron chi connectivity index (χ0n) is 6.27. The fraction of sp³-hybridized carbons (Fsp3) is 0.833. The molecule has 1 fully saturated rings. The van der Waals surface area contributed by atoms with Crippen LogP contribution in [0.2, 0.25) is 0 Å². The minimum absolute atomic E-state index is 0.412. The average Bonchev–Trinajstić information content (AvgIpc) is 1.94. The van der Waals surface area contributed by atoms with Crippen LogP contribution in [-0.4, -0.2) is 51.4 Å². The van der Waals surface area contributed by atoms with Crippen molar-refractivity contribution in [1.82, 2.24) is 4.90 Å². The summed E-state index contributed by atoms with van der Waals surface area (Å²) in [5.74, 6) is 0.835. The van der Waals surface area contributed by atoms with Crippen LogP contribution in [0.25, 0.3) is 0 Å². The van der Waals surface area contributed by atoms with E-state index in [-0.39, 0.29) is 0 Å². The predicted molar refractivity (Wildman–Crippen MR) is 45.1 cm³/mol. The molecule has 0 unspecified atom stereocenters. The van der Waals surface area contributed by atoms with Gasteiger partial charge in [-0.25, -0.2) is 0 Å². The lowest BCUT2D eigenvalue weighted by Gasteiger charge is -2.40. The van der Waals surface area contributed by atoms with E-state index in [9.17, 15) is 13.9 Å². The summed E-state index contributed by atoms with van der Waals surface area (Å²) in [6.07, 6.45) is 0.844. The van der Waals surface area contributed by atoms with Crippen LogP contribution in [0.5, 0.6) is 0 Å². The minimum atomic E-state index is -2.29. The Morgan fingerprint density at radius 1 is 1.36 bits per heavy atom. The molecule has 11 heavy (non-hydrogen) atoms. The molecule has 0 spiro atoms. The van der Waals surface area contributed by atoms with Crippen molar-refractivity contribution in [3.63, 3.8) is 0 Å². The Bertz CT molecular complexity index is 141. The van der Waals surface area contributed by atoms with Crippen molar-refractivity contribution >= 4 is 16.9 Å². The van der Waals surface area contributed by atoms with E-state index in [1.165, 1.54) is 0 Å². The number of hydrogen-bond acceptors (Lipinski definition) is 4. The molecule has 0 saturated carbocycles. The van der Waals surface area contributed by atoms with Gasteiger partial charge in [0.1, 0.15) is 6.29 Å². The maximum atomic E-state index is 10.1. The van der Waals surface area contributed by atoms with Crippen molar-refractivity contribution in [3.05, 3.63) is 0 Å². The highest BCUT2D eigenvalue weighted by Crippen LogP contribution is 2.39. The molecule has 1 heterocycles. The third kappa shape index (κ3) is 2.78. The molecule has 0 amide bonds. The first-order chi connectivity index (χ1) is 5.14. The van der Waals surface area contributed by atoms with Crippen molar-refractivity contribution in [3.8, 4) is 0 Å². The van der Waals surface area contributed by atoms with Gasteiger partial charge in [0.05, 0.1) is 18.1 Å². The highest BCUT2D eigenvalue weighted by Gasteiger charge is 2.21. The lowest BCUT2D eigenvalue weighted by molar-refractivity contribution is -0.108. The number of nitrogens with zero attached hydrogens (tertiary/aromatic N) is 1. The summed E-state index contributed by atoms with van der Waals surface area (Å²) in [4.78, 5) is 12.0. The van der Waals surface area contributed by atoms with E-state index in [2.05, 4.69) is 0 Å². The first-order valence-corrected chi connectivity index (χ1v) is 5.42. The van der Waals surface area contributed by atoms with Crippen LogP contribution in [0.1, 0.15) is 0 Å². The maximum absolute atomic E-state index is 10.1. The predicted octanol–water partition coefficient (Wildman–Crippen LogP) is 0.252. The van der Waals surface area contributed by atoms with Gasteiger partial charge in [0.15, 0.2) is 0 Å². The molecular weight excluding hydrogens is 166 g/mol. The molecule has 0 radical (unpaired) electrons. The van der Waals surface area contributed by atoms with Gasteiger partial charge in [-0.15, -0.1) is 0 Å². The second-order valence-corrected chi connectivity index (χ2v) is 5.10. The van der Waals surface area contributed by atoms with Crippen LogP contribution < -0.4 is 0 Å². The maximum Gasteiger partial charge on any atom is 0.133 e. The summed E-state index contributed by atoms with van der Waals surface area (Å²) in [6.45, 7) is 1.66. The lowest BCUT2D eigenvalue weighted by Crippen LogP contribution is -2.39. The Morgan fingerprint density at radius 3 is 2.36 bits per heavy atom. The summed E-state index contributed by atoms with van der Waals surface area (Å²) < 4.78 is 18.4. The average molecular weight is 179 g/mol. The Labute approximate surface area is 67.5 Å². The normalized spacial score (nSPS) is 27.8. The van der Waals surface area contributed by atoms with Gasteiger partial charge in [-0.05, 0) is 0 Å². The lowest BCUT2D eigenvalue weighted by atomic mass is 10.5. The van der Waals surface area contributed by atoms with Crippen molar-refractivity contribution in [2.75, 3.05) is 31.1 Å². The summed E-state index contributed by atoms with van der Waals surface area (Å²) in [5, 5.41) is 0. The quantitative estimate of drug-likeness (QED) is 0.597. The topological polar surface area (TPSA) is 60.8 Å². The van der Waals surface area contributed by atoms with Crippen LogP contribution >= 0.6 is 10.6 Å². The largest absolute Gasteiger partial charge is 0.302 e. The monoisotopic (exact) mass is 179 g/mol. The van der Waals surface area contributed by atoms with E-state index in [4.69, 9.17) is 0 Å². The molecule has 0 atom stereocenters. The van der Waals surface area contributed by atoms with Crippen LogP contribution in [0, 0.1) is 0 Å². The van der Waals surface area contributed by atoms with Crippen molar-refractivity contribution in [2.45, 2.75) is 0 Å². The van der Waals surface area contributed by atoms with E-state index < -0.39 is 10.6 Å². The van der Waals surface area contributed by atoms with Gasteiger partial charge in [-0.2, -0.15) is 10.6 Å². The molecule has 0 aromatic heterocycles. The fourth-order valence-electron chi connectivity index (χ4n) is 1.05. The van der Waals surface area contributed by atoms with Gasteiger partial charge >= 0.3 is 0 Å². The standard InChI is InChI=1S/C6H13NO3S/c8-4-1-7-2-5-11(9,10)6-3-7/h4,9-10H,1-3,5-6H2. The van der Waals surface area contributed by atoms with Crippen molar-refractivity contribution in [1.29, 1.82) is 0 Å². The highest BCUT2D eigenvalue weighted by atomic mass is 32.3. The highest BCUT2D eigenvalue weighted by molar-refractivity contribution is 8.24. The smallest absolute Gasteiger partial charge is 0.133 e. The third-order valence-electron chi connectivity index (χ3n) is 1.80. The summed E-state index contributed by atoms with van der Waals surface area (Å²) >= 11 is 0. The van der Waals surface area contributed by atoms with Crippen LogP contribution in [0.3, 0.4) is 0 Å². The molecule has 0 aromatic rings. The van der Waals surface area contributed by atoms with Gasteiger partial charge in [-0.1, -0.05) is 0 Å². The van der Waals surface area contributed by atoms with Crippen LogP contribution in [0.15, 0.2) is 0 Å². The zero-order valence-corrected chi connectivity index (χ0v) is 7.09. The molecule has 1 saturated heterocycles. The summed E-state index contributed by atoms with van der Waals surface area (Å²) in [6, 6.07) is 0. The van der Waals surface area contributed by atoms with Crippen LogP contribution in [0.4, 0.5) is 0 Å². The summed E-state index contributed by atoms with van der Waals surface area (Å²) in [5.41, 5.74) is 0. The third-order valence-corrected chi connectivity index (χ3v) is 3.47. The fourth-order valence-corrected chi connectivity index (χ4v) is 2.36. The second kappa shape index (κ2) is 3.53. The molecule has 0 bridgehead atoms. The van der Waals surface area contributed by atoms with E-state index in [0.29, 0.717) is 31.1 Å². The Morgan fingerprint density at radius 2 is 1.91 bits per heavy atom. The van der Waals surface area contributed by atoms with Crippen molar-refractivity contribution in [2.24, 2.45) is 0 Å². The first-order valence-electron chi connectivity index (χ1n) is 3.54. The number of carbonyl (C=O) groups excluding carboxylic acids is 1. The summed E-state index contributed by atoms with van der Waals surface area (Å²) in [7, 11) is -2.29. The Hall–Kier alpha value is -0.100. The minimum Gasteiger partial charge on any atom is -0.302 e. The molecule has 4 nitrogen and oxygen atoms in total. The van der Waals surface area contributed by atoms with E-state index >= 15 is 0 Å². The second-order valence-electron chi connectivity index (χ2n) is 2.68. The van der Waals surface area contributed by atoms with E-state index in [1.54, 1.807) is 0 Å². The number of carbonyl (C=O) groups is 1. The van der Waals surface area contributed by atoms with Gasteiger partial charge in [0.25, 0.3) is 0 Å². The molecule has 66 valence electrons. The molecule has 0 aromatic carbocycles. The van der Waals surface area contributed by atoms with E-state index in [0.717, 1.165) is 6.29 Å². The number of rotatable bonds is 2. The molecule has 0 aliphatic carbocycles. The molecular formula is C6H13NO3S. The molecule has 5 heteroatoms. The first kappa shape index (κ1) is 8.99. The van der Waals surface area contributed by atoms with E-state index in [1.807, 2.05) is 4.90 Å². The SMILES string of the molecule is O=CCN1CCS(O)(O)CC1. The van der Waals surface area contributed by atoms with Gasteiger partial charge in [0, 0.05) is 13.1 Å². The Balaban J connectivity index is 2.30. The molecule has 1 aliphatic rings. The van der Waals surface area contributed by atoms with Gasteiger partial charge < -0.3 is 4.79 Å². The molecule has 2 N–H and O–H groups in total. The molecule has 1 aliphatic heterocycles.